The lowest BCUT2D eigenvalue weighted by Gasteiger charge is -2.36. The Labute approximate surface area is 125 Å². The molecule has 0 atom stereocenters. The molecular weight excluding hydrogens is 264 g/mol. The van der Waals surface area contributed by atoms with Crippen molar-refractivity contribution in [2.45, 2.75) is 20.4 Å². The number of aryl methyl sites for hydroxylation is 1. The number of hydrogen-bond donors (Lipinski definition) is 0. The second-order valence-corrected chi connectivity index (χ2v) is 5.51. The summed E-state index contributed by atoms with van der Waals surface area (Å²) in [5, 5.41) is 4.25. The van der Waals surface area contributed by atoms with E-state index in [2.05, 4.69) is 31.8 Å². The van der Waals surface area contributed by atoms with Gasteiger partial charge in [-0.1, -0.05) is 0 Å². The maximum atomic E-state index is 4.46. The summed E-state index contributed by atoms with van der Waals surface area (Å²) < 4.78 is 1.99. The fourth-order valence-corrected chi connectivity index (χ4v) is 2.70. The summed E-state index contributed by atoms with van der Waals surface area (Å²) in [5.41, 5.74) is 2.27. The third kappa shape index (κ3) is 3.21. The fourth-order valence-electron chi connectivity index (χ4n) is 2.70. The van der Waals surface area contributed by atoms with Gasteiger partial charge >= 0.3 is 0 Å². The minimum absolute atomic E-state index is 0.957. The van der Waals surface area contributed by atoms with Gasteiger partial charge in [-0.25, -0.2) is 9.97 Å². The maximum absolute atomic E-state index is 4.46. The predicted octanol–water partition coefficient (Wildman–Crippen LogP) is 1.11. The lowest BCUT2D eigenvalue weighted by atomic mass is 10.2. The molecule has 0 aromatic carbocycles. The van der Waals surface area contributed by atoms with Gasteiger partial charge in [0.05, 0.1) is 6.54 Å². The molecule has 1 saturated heterocycles. The van der Waals surface area contributed by atoms with Crippen LogP contribution in [-0.4, -0.2) is 57.4 Å². The molecule has 1 aliphatic heterocycles. The number of nitrogens with zero attached hydrogens (tertiary/aromatic N) is 6. The summed E-state index contributed by atoms with van der Waals surface area (Å²) in [6, 6.07) is 1.97. The van der Waals surface area contributed by atoms with Crippen molar-refractivity contribution in [3.05, 3.63) is 36.0 Å². The molecule has 3 rings (SSSR count). The van der Waals surface area contributed by atoms with Crippen LogP contribution in [0.3, 0.4) is 0 Å². The average molecular weight is 286 g/mol. The summed E-state index contributed by atoms with van der Waals surface area (Å²) in [5.74, 6) is 1.09. The number of aromatic nitrogens is 4. The van der Waals surface area contributed by atoms with Crippen molar-refractivity contribution in [2.75, 3.05) is 37.6 Å². The monoisotopic (exact) mass is 286 g/mol. The van der Waals surface area contributed by atoms with Gasteiger partial charge in [0.25, 0.3) is 0 Å². The molecule has 0 radical (unpaired) electrons. The van der Waals surface area contributed by atoms with Gasteiger partial charge in [-0.15, -0.1) is 0 Å². The molecule has 2 aromatic heterocycles. The third-order valence-corrected chi connectivity index (χ3v) is 4.19. The van der Waals surface area contributed by atoms with Gasteiger partial charge in [0.1, 0.15) is 12.1 Å². The molecule has 0 N–H and O–H groups in total. The Hall–Kier alpha value is -1.95. The molecule has 112 valence electrons. The highest BCUT2D eigenvalue weighted by Gasteiger charge is 2.19. The zero-order valence-corrected chi connectivity index (χ0v) is 12.7. The first kappa shape index (κ1) is 14.0. The summed E-state index contributed by atoms with van der Waals surface area (Å²) in [4.78, 5) is 13.6. The lowest BCUT2D eigenvalue weighted by molar-refractivity contribution is 0.244. The highest BCUT2D eigenvalue weighted by atomic mass is 15.3. The highest BCUT2D eigenvalue weighted by molar-refractivity contribution is 5.47. The first-order valence-electron chi connectivity index (χ1n) is 7.47. The smallest absolute Gasteiger partial charge is 0.135 e. The summed E-state index contributed by atoms with van der Waals surface area (Å²) in [6.45, 7) is 10.4. The predicted molar refractivity (Wildman–Crippen MR) is 82.4 cm³/mol. The molecule has 0 unspecified atom stereocenters. The van der Waals surface area contributed by atoms with Crippen molar-refractivity contribution in [3.63, 3.8) is 0 Å². The quantitative estimate of drug-likeness (QED) is 0.843. The molecule has 3 heterocycles. The molecule has 1 fully saturated rings. The molecule has 0 aliphatic carbocycles. The second-order valence-electron chi connectivity index (χ2n) is 5.51. The van der Waals surface area contributed by atoms with E-state index < -0.39 is 0 Å². The van der Waals surface area contributed by atoms with Crippen LogP contribution in [0, 0.1) is 13.8 Å². The van der Waals surface area contributed by atoms with Crippen LogP contribution in [0.4, 0.5) is 5.82 Å². The summed E-state index contributed by atoms with van der Waals surface area (Å²) in [7, 11) is 0. The Morgan fingerprint density at radius 1 is 1.05 bits per heavy atom. The first-order valence-corrected chi connectivity index (χ1v) is 7.47. The van der Waals surface area contributed by atoms with E-state index in [1.165, 1.54) is 5.56 Å². The Kier molecular flexibility index (Phi) is 4.15. The standard InChI is InChI=1S/C15H22N6/c1-13-14(2)16-12-17-15(13)20-9-6-19(7-10-20)8-11-21-5-3-4-18-21/h3-5,12H,6-11H2,1-2H3. The molecule has 0 bridgehead atoms. The van der Waals surface area contributed by atoms with Crippen LogP contribution in [0.25, 0.3) is 0 Å². The topological polar surface area (TPSA) is 50.1 Å². The number of anilines is 1. The van der Waals surface area contributed by atoms with Gasteiger partial charge < -0.3 is 4.90 Å². The fraction of sp³-hybridized carbons (Fsp3) is 0.533. The normalized spacial score (nSPS) is 16.4. The van der Waals surface area contributed by atoms with Crippen molar-refractivity contribution < 1.29 is 0 Å². The van der Waals surface area contributed by atoms with Gasteiger partial charge in [-0.05, 0) is 19.9 Å². The van der Waals surface area contributed by atoms with Crippen LogP contribution >= 0.6 is 0 Å². The zero-order valence-electron chi connectivity index (χ0n) is 12.7. The minimum atomic E-state index is 0.957. The van der Waals surface area contributed by atoms with Crippen molar-refractivity contribution in [2.24, 2.45) is 0 Å². The van der Waals surface area contributed by atoms with E-state index in [9.17, 15) is 0 Å². The van der Waals surface area contributed by atoms with Crippen LogP contribution in [0.1, 0.15) is 11.3 Å². The van der Waals surface area contributed by atoms with Crippen LogP contribution < -0.4 is 4.90 Å². The molecule has 0 saturated carbocycles. The summed E-state index contributed by atoms with van der Waals surface area (Å²) >= 11 is 0. The van der Waals surface area contributed by atoms with Gasteiger partial charge in [0, 0.05) is 56.4 Å². The van der Waals surface area contributed by atoms with Crippen LogP contribution in [0.5, 0.6) is 0 Å². The first-order chi connectivity index (χ1) is 10.2. The largest absolute Gasteiger partial charge is 0.354 e. The highest BCUT2D eigenvalue weighted by Crippen LogP contribution is 2.19. The molecule has 6 nitrogen and oxygen atoms in total. The maximum Gasteiger partial charge on any atom is 0.135 e. The Bertz CT molecular complexity index is 572. The van der Waals surface area contributed by atoms with Gasteiger partial charge in [-0.2, -0.15) is 5.10 Å². The Morgan fingerprint density at radius 3 is 2.57 bits per heavy atom. The van der Waals surface area contributed by atoms with E-state index in [-0.39, 0.29) is 0 Å². The Morgan fingerprint density at radius 2 is 1.86 bits per heavy atom. The van der Waals surface area contributed by atoms with Gasteiger partial charge in [0.15, 0.2) is 0 Å². The second kappa shape index (κ2) is 6.22. The third-order valence-electron chi connectivity index (χ3n) is 4.19. The molecule has 6 heteroatoms. The zero-order chi connectivity index (χ0) is 14.7. The molecule has 1 aliphatic rings. The molecular formula is C15H22N6. The molecule has 21 heavy (non-hydrogen) atoms. The van der Waals surface area contributed by atoms with Crippen LogP contribution in [0.15, 0.2) is 24.8 Å². The molecule has 0 spiro atoms. The average Bonchev–Trinajstić information content (AvgIpc) is 3.02. The van der Waals surface area contributed by atoms with Crippen molar-refractivity contribution >= 4 is 5.82 Å². The van der Waals surface area contributed by atoms with Crippen LogP contribution in [0.2, 0.25) is 0 Å². The number of piperazine rings is 1. The van der Waals surface area contributed by atoms with E-state index in [1.54, 1.807) is 6.33 Å². The minimum Gasteiger partial charge on any atom is -0.354 e. The van der Waals surface area contributed by atoms with E-state index in [0.29, 0.717) is 0 Å². The van der Waals surface area contributed by atoms with Crippen molar-refractivity contribution in [1.82, 2.24) is 24.6 Å². The van der Waals surface area contributed by atoms with E-state index >= 15 is 0 Å². The van der Waals surface area contributed by atoms with Gasteiger partial charge in [-0.3, -0.25) is 9.58 Å². The summed E-state index contributed by atoms with van der Waals surface area (Å²) in [6.07, 6.45) is 5.52. The van der Waals surface area contributed by atoms with E-state index in [0.717, 1.165) is 50.8 Å². The Balaban J connectivity index is 1.54. The number of hydrogen-bond acceptors (Lipinski definition) is 5. The van der Waals surface area contributed by atoms with Crippen molar-refractivity contribution in [3.8, 4) is 0 Å². The van der Waals surface area contributed by atoms with Crippen molar-refractivity contribution in [1.29, 1.82) is 0 Å². The van der Waals surface area contributed by atoms with Crippen LogP contribution in [-0.2, 0) is 6.54 Å². The molecule has 2 aromatic rings. The van der Waals surface area contributed by atoms with E-state index in [4.69, 9.17) is 0 Å². The van der Waals surface area contributed by atoms with E-state index in [1.807, 2.05) is 30.1 Å². The number of rotatable bonds is 4. The SMILES string of the molecule is Cc1ncnc(N2CCN(CCn3cccn3)CC2)c1C. The lowest BCUT2D eigenvalue weighted by Crippen LogP contribution is -2.47. The van der Waals surface area contributed by atoms with Gasteiger partial charge in [0.2, 0.25) is 0 Å². The molecule has 0 amide bonds.